The lowest BCUT2D eigenvalue weighted by molar-refractivity contribution is -0.146. The fraction of sp³-hybridized carbons (Fsp3) is 0.579. The highest BCUT2D eigenvalue weighted by atomic mass is 16.5. The standard InChI is InChI=1S/C38H50O6/c39-35(43-27-29-15-3-1-4-16-29)23-11-13-25-41-37-31-19-7-9-21-33(31)38(34-22-10-8-20-32(34)37)42-26-14-12-24-36(40)44-28-30-17-5-2-6-18-30/h7-10,19-22,29-30H,1-6,11-18,23-28H2. The molecular formula is C38H50O6. The van der Waals surface area contributed by atoms with Crippen LogP contribution in [0.3, 0.4) is 0 Å². The molecule has 0 saturated heterocycles. The molecule has 0 radical (unpaired) electrons. The van der Waals surface area contributed by atoms with Gasteiger partial charge >= 0.3 is 11.9 Å². The first kappa shape index (κ1) is 32.1. The van der Waals surface area contributed by atoms with Crippen molar-refractivity contribution in [3.63, 3.8) is 0 Å². The van der Waals surface area contributed by atoms with E-state index >= 15 is 0 Å². The van der Waals surface area contributed by atoms with Gasteiger partial charge in [-0.05, 0) is 63.2 Å². The molecule has 0 heterocycles. The number of ether oxygens (including phenoxy) is 4. The highest BCUT2D eigenvalue weighted by molar-refractivity contribution is 6.11. The van der Waals surface area contributed by atoms with Crippen LogP contribution in [0, 0.1) is 11.8 Å². The third-order valence-corrected chi connectivity index (χ3v) is 9.29. The molecule has 3 aromatic carbocycles. The van der Waals surface area contributed by atoms with Gasteiger partial charge in [0, 0.05) is 34.4 Å². The van der Waals surface area contributed by atoms with Gasteiger partial charge in [-0.1, -0.05) is 87.1 Å². The van der Waals surface area contributed by atoms with Gasteiger partial charge in [-0.25, -0.2) is 0 Å². The predicted octanol–water partition coefficient (Wildman–Crippen LogP) is 9.34. The summed E-state index contributed by atoms with van der Waals surface area (Å²) in [4.78, 5) is 24.5. The van der Waals surface area contributed by atoms with E-state index in [4.69, 9.17) is 18.9 Å². The normalized spacial score (nSPS) is 16.2. The number of carbonyl (C=O) groups is 2. The Balaban J connectivity index is 1.10. The van der Waals surface area contributed by atoms with Crippen LogP contribution >= 0.6 is 0 Å². The fourth-order valence-electron chi connectivity index (χ4n) is 6.72. The Morgan fingerprint density at radius 2 is 0.886 bits per heavy atom. The lowest BCUT2D eigenvalue weighted by atomic mass is 9.90. The Bertz CT molecular complexity index is 1180. The number of fused-ring (bicyclic) bond motifs is 2. The molecule has 44 heavy (non-hydrogen) atoms. The van der Waals surface area contributed by atoms with Crippen LogP contribution in [0.25, 0.3) is 21.5 Å². The van der Waals surface area contributed by atoms with Crippen molar-refractivity contribution in [2.75, 3.05) is 26.4 Å². The Hall–Kier alpha value is -3.28. The summed E-state index contributed by atoms with van der Waals surface area (Å²) >= 11 is 0. The second-order valence-electron chi connectivity index (χ2n) is 12.7. The SMILES string of the molecule is O=C(CCCCOc1c2ccccc2c(OCCCCC(=O)OCC2CCCCC2)c2ccccc12)OCC1CCCCC1. The van der Waals surface area contributed by atoms with Gasteiger partial charge in [-0.3, -0.25) is 9.59 Å². The number of esters is 2. The molecule has 2 saturated carbocycles. The van der Waals surface area contributed by atoms with E-state index < -0.39 is 0 Å². The molecule has 0 aromatic heterocycles. The Kier molecular flexibility index (Phi) is 12.6. The molecule has 0 spiro atoms. The number of carbonyl (C=O) groups excluding carboxylic acids is 2. The van der Waals surface area contributed by atoms with Crippen LogP contribution in [-0.4, -0.2) is 38.4 Å². The molecule has 5 rings (SSSR count). The summed E-state index contributed by atoms with van der Waals surface area (Å²) in [7, 11) is 0. The number of benzene rings is 3. The summed E-state index contributed by atoms with van der Waals surface area (Å²) < 4.78 is 23.9. The van der Waals surface area contributed by atoms with Gasteiger partial charge in [0.1, 0.15) is 11.5 Å². The predicted molar refractivity (Wildman–Crippen MR) is 175 cm³/mol. The Labute approximate surface area is 262 Å². The smallest absolute Gasteiger partial charge is 0.305 e. The van der Waals surface area contributed by atoms with Gasteiger partial charge in [-0.2, -0.15) is 0 Å². The average Bonchev–Trinajstić information content (AvgIpc) is 3.07. The molecule has 6 heteroatoms. The lowest BCUT2D eigenvalue weighted by Gasteiger charge is -2.21. The molecule has 2 aliphatic rings. The van der Waals surface area contributed by atoms with Crippen molar-refractivity contribution in [3.8, 4) is 11.5 Å². The molecule has 0 unspecified atom stereocenters. The minimum atomic E-state index is -0.0932. The number of hydrogen-bond donors (Lipinski definition) is 0. The third kappa shape index (κ3) is 9.36. The first-order valence-corrected chi connectivity index (χ1v) is 17.2. The van der Waals surface area contributed by atoms with E-state index in [2.05, 4.69) is 24.3 Å². The van der Waals surface area contributed by atoms with Gasteiger partial charge in [0.15, 0.2) is 0 Å². The third-order valence-electron chi connectivity index (χ3n) is 9.29. The largest absolute Gasteiger partial charge is 0.492 e. The zero-order valence-corrected chi connectivity index (χ0v) is 26.4. The van der Waals surface area contributed by atoms with Crippen molar-refractivity contribution < 1.29 is 28.5 Å². The molecule has 3 aromatic rings. The molecule has 2 fully saturated rings. The second-order valence-corrected chi connectivity index (χ2v) is 12.7. The average molecular weight is 603 g/mol. The highest BCUT2D eigenvalue weighted by Crippen LogP contribution is 2.42. The summed E-state index contributed by atoms with van der Waals surface area (Å²) in [6.07, 6.45) is 16.3. The quantitative estimate of drug-likeness (QED) is 0.0924. The lowest BCUT2D eigenvalue weighted by Crippen LogP contribution is -2.16. The maximum atomic E-state index is 12.3. The monoisotopic (exact) mass is 602 g/mol. The molecule has 0 N–H and O–H groups in total. The van der Waals surface area contributed by atoms with Crippen molar-refractivity contribution in [1.29, 1.82) is 0 Å². The van der Waals surface area contributed by atoms with Crippen LogP contribution in [0.4, 0.5) is 0 Å². The first-order chi connectivity index (χ1) is 21.7. The van der Waals surface area contributed by atoms with Crippen molar-refractivity contribution in [3.05, 3.63) is 48.5 Å². The maximum Gasteiger partial charge on any atom is 0.305 e. The molecule has 0 atom stereocenters. The van der Waals surface area contributed by atoms with Crippen molar-refractivity contribution in [2.24, 2.45) is 11.8 Å². The molecule has 238 valence electrons. The van der Waals surface area contributed by atoms with Crippen molar-refractivity contribution in [1.82, 2.24) is 0 Å². The van der Waals surface area contributed by atoms with Crippen LogP contribution in [0.2, 0.25) is 0 Å². The Morgan fingerprint density at radius 1 is 0.523 bits per heavy atom. The van der Waals surface area contributed by atoms with Gasteiger partial charge < -0.3 is 18.9 Å². The van der Waals surface area contributed by atoms with Crippen LogP contribution in [-0.2, 0) is 19.1 Å². The summed E-state index contributed by atoms with van der Waals surface area (Å²) in [5, 5.41) is 4.05. The van der Waals surface area contributed by atoms with Gasteiger partial charge in [0.2, 0.25) is 0 Å². The van der Waals surface area contributed by atoms with Crippen LogP contribution in [0.15, 0.2) is 48.5 Å². The summed E-state index contributed by atoms with van der Waals surface area (Å²) in [5.41, 5.74) is 0. The fourth-order valence-corrected chi connectivity index (χ4v) is 6.72. The maximum absolute atomic E-state index is 12.3. The number of hydrogen-bond acceptors (Lipinski definition) is 6. The minimum absolute atomic E-state index is 0.0932. The molecule has 0 bridgehead atoms. The van der Waals surface area contributed by atoms with E-state index in [1.54, 1.807) is 0 Å². The van der Waals surface area contributed by atoms with Gasteiger partial charge in [-0.15, -0.1) is 0 Å². The van der Waals surface area contributed by atoms with E-state index in [9.17, 15) is 9.59 Å². The highest BCUT2D eigenvalue weighted by Gasteiger charge is 2.18. The molecule has 0 amide bonds. The summed E-state index contributed by atoms with van der Waals surface area (Å²) in [5.74, 6) is 2.61. The van der Waals surface area contributed by atoms with Crippen molar-refractivity contribution >= 4 is 33.5 Å². The van der Waals surface area contributed by atoms with Crippen LogP contribution in [0.1, 0.15) is 103 Å². The molecule has 6 nitrogen and oxygen atoms in total. The topological polar surface area (TPSA) is 71.1 Å². The van der Waals surface area contributed by atoms with Gasteiger partial charge in [0.25, 0.3) is 0 Å². The van der Waals surface area contributed by atoms with Crippen LogP contribution in [0.5, 0.6) is 11.5 Å². The van der Waals surface area contributed by atoms with E-state index in [0.717, 1.165) is 58.7 Å². The van der Waals surface area contributed by atoms with Gasteiger partial charge in [0.05, 0.1) is 26.4 Å². The van der Waals surface area contributed by atoms with E-state index in [1.807, 2.05) is 24.3 Å². The zero-order valence-electron chi connectivity index (χ0n) is 26.4. The zero-order chi connectivity index (χ0) is 30.4. The van der Waals surface area contributed by atoms with E-state index in [0.29, 0.717) is 51.1 Å². The minimum Gasteiger partial charge on any atom is -0.492 e. The van der Waals surface area contributed by atoms with Crippen LogP contribution < -0.4 is 9.47 Å². The first-order valence-electron chi connectivity index (χ1n) is 17.2. The molecular weight excluding hydrogens is 552 g/mol. The van der Waals surface area contributed by atoms with E-state index in [-0.39, 0.29) is 11.9 Å². The summed E-state index contributed by atoms with van der Waals surface area (Å²) in [6, 6.07) is 16.4. The van der Waals surface area contributed by atoms with Crippen molar-refractivity contribution in [2.45, 2.75) is 103 Å². The Morgan fingerprint density at radius 3 is 1.25 bits per heavy atom. The number of unbranched alkanes of at least 4 members (excludes halogenated alkanes) is 2. The summed E-state index contributed by atoms with van der Waals surface area (Å²) in [6.45, 7) is 2.21. The molecule has 0 aliphatic heterocycles. The van der Waals surface area contributed by atoms with E-state index in [1.165, 1.54) is 64.2 Å². The number of rotatable bonds is 16. The molecule has 2 aliphatic carbocycles. The second kappa shape index (κ2) is 17.3.